The Bertz CT molecular complexity index is 1060. The van der Waals surface area contributed by atoms with Crippen LogP contribution in [0.5, 0.6) is 11.5 Å². The van der Waals surface area contributed by atoms with Gasteiger partial charge in [-0.2, -0.15) is 0 Å². The predicted molar refractivity (Wildman–Crippen MR) is 133 cm³/mol. The van der Waals surface area contributed by atoms with E-state index in [1.165, 1.54) is 12.8 Å². The summed E-state index contributed by atoms with van der Waals surface area (Å²) < 4.78 is 11.9. The molecule has 3 fully saturated rings. The van der Waals surface area contributed by atoms with Gasteiger partial charge >= 0.3 is 5.97 Å². The minimum atomic E-state index is -1.22. The Morgan fingerprint density at radius 2 is 1.77 bits per heavy atom. The van der Waals surface area contributed by atoms with Gasteiger partial charge in [0.1, 0.15) is 5.41 Å². The van der Waals surface area contributed by atoms with Crippen LogP contribution in [-0.4, -0.2) is 60.8 Å². The molecule has 0 bridgehead atoms. The van der Waals surface area contributed by atoms with E-state index < -0.39 is 11.4 Å². The van der Waals surface area contributed by atoms with E-state index in [-0.39, 0.29) is 18.1 Å². The fourth-order valence-corrected chi connectivity index (χ4v) is 5.48. The van der Waals surface area contributed by atoms with E-state index in [0.717, 1.165) is 35.6 Å². The lowest BCUT2D eigenvalue weighted by molar-refractivity contribution is -0.154. The fourth-order valence-electron chi connectivity index (χ4n) is 5.48. The summed E-state index contributed by atoms with van der Waals surface area (Å²) in [6, 6.07) is 16.0. The first-order valence-corrected chi connectivity index (χ1v) is 12.7. The maximum absolute atomic E-state index is 13.4. The van der Waals surface area contributed by atoms with Crippen LogP contribution in [0.25, 0.3) is 0 Å². The molecule has 2 aromatic rings. The number of carboxylic acid groups (broad SMARTS) is 1. The molecular formula is C28H34N2O5. The van der Waals surface area contributed by atoms with Crippen LogP contribution < -0.4 is 14.4 Å². The monoisotopic (exact) mass is 478 g/mol. The van der Waals surface area contributed by atoms with Gasteiger partial charge in [-0.15, -0.1) is 0 Å². The van der Waals surface area contributed by atoms with Gasteiger partial charge in [-0.05, 0) is 62.6 Å². The third-order valence-electron chi connectivity index (χ3n) is 7.73. The Kier molecular flexibility index (Phi) is 6.58. The third-order valence-corrected chi connectivity index (χ3v) is 7.73. The summed E-state index contributed by atoms with van der Waals surface area (Å²) in [5, 5.41) is 9.72. The van der Waals surface area contributed by atoms with Crippen LogP contribution in [0.15, 0.2) is 48.5 Å². The summed E-state index contributed by atoms with van der Waals surface area (Å²) in [6.45, 7) is 1.77. The zero-order valence-corrected chi connectivity index (χ0v) is 20.3. The SMILES string of the molecule is COc1ccc(N2CCN(C(=O)C3(C(=O)O)CC3)[C@@H](Cc3ccccc3)C2)cc1OC1CCCC1. The van der Waals surface area contributed by atoms with E-state index in [1.807, 2.05) is 41.3 Å². The Balaban J connectivity index is 1.38. The van der Waals surface area contributed by atoms with Crippen molar-refractivity contribution >= 4 is 17.6 Å². The van der Waals surface area contributed by atoms with Crippen molar-refractivity contribution in [1.82, 2.24) is 4.90 Å². The largest absolute Gasteiger partial charge is 0.493 e. The first-order valence-electron chi connectivity index (χ1n) is 12.7. The molecule has 1 atom stereocenters. The topological polar surface area (TPSA) is 79.3 Å². The molecule has 2 aliphatic carbocycles. The first-order chi connectivity index (χ1) is 17.0. The van der Waals surface area contributed by atoms with Crippen LogP contribution in [0.3, 0.4) is 0 Å². The van der Waals surface area contributed by atoms with Crippen molar-refractivity contribution in [2.24, 2.45) is 5.41 Å². The zero-order valence-electron chi connectivity index (χ0n) is 20.3. The summed E-state index contributed by atoms with van der Waals surface area (Å²) in [5.74, 6) is 0.267. The molecule has 5 rings (SSSR count). The molecule has 0 spiro atoms. The number of benzene rings is 2. The highest BCUT2D eigenvalue weighted by atomic mass is 16.5. The average molecular weight is 479 g/mol. The summed E-state index contributed by atoms with van der Waals surface area (Å²) in [4.78, 5) is 29.4. The number of rotatable bonds is 8. The number of amides is 1. The Morgan fingerprint density at radius 1 is 1.03 bits per heavy atom. The predicted octanol–water partition coefficient (Wildman–Crippen LogP) is 4.14. The van der Waals surface area contributed by atoms with Crippen LogP contribution in [0.1, 0.15) is 44.1 Å². The lowest BCUT2D eigenvalue weighted by Gasteiger charge is -2.43. The number of aliphatic carboxylic acids is 1. The summed E-state index contributed by atoms with van der Waals surface area (Å²) in [6.07, 6.45) is 6.30. The molecule has 1 N–H and O–H groups in total. The number of carbonyl (C=O) groups excluding carboxylic acids is 1. The molecule has 35 heavy (non-hydrogen) atoms. The van der Waals surface area contributed by atoms with Crippen molar-refractivity contribution < 1.29 is 24.2 Å². The van der Waals surface area contributed by atoms with Gasteiger partial charge in [-0.1, -0.05) is 30.3 Å². The van der Waals surface area contributed by atoms with Gasteiger partial charge in [0.2, 0.25) is 5.91 Å². The van der Waals surface area contributed by atoms with E-state index >= 15 is 0 Å². The summed E-state index contributed by atoms with van der Waals surface area (Å²) in [5.41, 5.74) is 0.945. The number of anilines is 1. The van der Waals surface area contributed by atoms with Gasteiger partial charge in [0.25, 0.3) is 0 Å². The quantitative estimate of drug-likeness (QED) is 0.575. The van der Waals surface area contributed by atoms with E-state index in [4.69, 9.17) is 9.47 Å². The molecule has 3 aliphatic rings. The first kappa shape index (κ1) is 23.5. The van der Waals surface area contributed by atoms with Crippen molar-refractivity contribution in [2.75, 3.05) is 31.6 Å². The van der Waals surface area contributed by atoms with Crippen LogP contribution >= 0.6 is 0 Å². The standard InChI is InChI=1S/C28H34N2O5/c1-34-24-12-11-21(18-25(24)35-23-9-5-6-10-23)29-15-16-30(26(31)28(13-14-28)27(32)33)22(19-29)17-20-7-3-2-4-8-20/h2-4,7-8,11-12,18,22-23H,5-6,9-10,13-17,19H2,1H3,(H,32,33)/t22-/m0/s1. The van der Waals surface area contributed by atoms with E-state index in [1.54, 1.807) is 7.11 Å². The van der Waals surface area contributed by atoms with Gasteiger partial charge in [-0.3, -0.25) is 9.59 Å². The Morgan fingerprint density at radius 3 is 2.43 bits per heavy atom. The number of carboxylic acids is 1. The Labute approximate surface area is 206 Å². The van der Waals surface area contributed by atoms with Crippen molar-refractivity contribution in [2.45, 2.75) is 57.1 Å². The zero-order chi connectivity index (χ0) is 24.4. The number of hydrogen-bond acceptors (Lipinski definition) is 5. The molecule has 1 saturated heterocycles. The molecule has 0 aromatic heterocycles. The van der Waals surface area contributed by atoms with Gasteiger partial charge in [-0.25, -0.2) is 0 Å². The van der Waals surface area contributed by atoms with E-state index in [2.05, 4.69) is 17.0 Å². The maximum Gasteiger partial charge on any atom is 0.319 e. The van der Waals surface area contributed by atoms with E-state index in [9.17, 15) is 14.7 Å². The van der Waals surface area contributed by atoms with Crippen molar-refractivity contribution in [3.05, 3.63) is 54.1 Å². The smallest absolute Gasteiger partial charge is 0.319 e. The molecular weight excluding hydrogens is 444 g/mol. The number of carbonyl (C=O) groups is 2. The fraction of sp³-hybridized carbons (Fsp3) is 0.500. The molecule has 0 radical (unpaired) electrons. The van der Waals surface area contributed by atoms with Gasteiger partial charge in [0.05, 0.1) is 19.3 Å². The van der Waals surface area contributed by atoms with Crippen molar-refractivity contribution in [3.8, 4) is 11.5 Å². The van der Waals surface area contributed by atoms with Gasteiger partial charge in [0.15, 0.2) is 11.5 Å². The molecule has 2 saturated carbocycles. The lowest BCUT2D eigenvalue weighted by Crippen LogP contribution is -2.58. The lowest BCUT2D eigenvalue weighted by atomic mass is 9.97. The van der Waals surface area contributed by atoms with Crippen molar-refractivity contribution in [1.29, 1.82) is 0 Å². The van der Waals surface area contributed by atoms with Gasteiger partial charge < -0.3 is 24.4 Å². The normalized spacial score (nSPS) is 21.6. The molecule has 1 heterocycles. The number of nitrogens with zero attached hydrogens (tertiary/aromatic N) is 2. The van der Waals surface area contributed by atoms with Crippen LogP contribution in [-0.2, 0) is 16.0 Å². The van der Waals surface area contributed by atoms with E-state index in [0.29, 0.717) is 38.9 Å². The third kappa shape index (κ3) is 4.81. The average Bonchev–Trinajstić information content (AvgIpc) is 3.55. The molecule has 1 amide bonds. The molecule has 2 aromatic carbocycles. The Hall–Kier alpha value is -3.22. The van der Waals surface area contributed by atoms with Crippen LogP contribution in [0.2, 0.25) is 0 Å². The molecule has 1 aliphatic heterocycles. The van der Waals surface area contributed by atoms with Crippen molar-refractivity contribution in [3.63, 3.8) is 0 Å². The number of hydrogen-bond donors (Lipinski definition) is 1. The number of ether oxygens (including phenoxy) is 2. The second kappa shape index (κ2) is 9.80. The molecule has 186 valence electrons. The molecule has 7 nitrogen and oxygen atoms in total. The highest BCUT2D eigenvalue weighted by Crippen LogP contribution is 2.48. The maximum atomic E-state index is 13.4. The minimum absolute atomic E-state index is 0.114. The molecule has 0 unspecified atom stereocenters. The minimum Gasteiger partial charge on any atom is -0.493 e. The number of methoxy groups -OCH3 is 1. The number of piperazine rings is 1. The highest BCUT2D eigenvalue weighted by molar-refractivity contribution is 6.05. The highest BCUT2D eigenvalue weighted by Gasteiger charge is 2.59. The van der Waals surface area contributed by atoms with Gasteiger partial charge in [0, 0.05) is 31.4 Å². The van der Waals surface area contributed by atoms with Crippen LogP contribution in [0, 0.1) is 5.41 Å². The second-order valence-electron chi connectivity index (χ2n) is 10.0. The molecule has 7 heteroatoms. The summed E-state index contributed by atoms with van der Waals surface area (Å²) >= 11 is 0. The second-order valence-corrected chi connectivity index (χ2v) is 10.0. The van der Waals surface area contributed by atoms with Crippen LogP contribution in [0.4, 0.5) is 5.69 Å². The summed E-state index contributed by atoms with van der Waals surface area (Å²) in [7, 11) is 1.66.